The fourth-order valence-corrected chi connectivity index (χ4v) is 2.33. The van der Waals surface area contributed by atoms with Crippen molar-refractivity contribution in [2.45, 2.75) is 13.2 Å². The van der Waals surface area contributed by atoms with Crippen LogP contribution in [0.25, 0.3) is 11.2 Å². The van der Waals surface area contributed by atoms with Crippen LogP contribution in [0.3, 0.4) is 0 Å². The first-order valence-corrected chi connectivity index (χ1v) is 7.21. The molecule has 24 heavy (non-hydrogen) atoms. The molecule has 1 fully saturated rings. The SMILES string of the molecule is FC(F)Oc1cc(Nc2cnc3cnn(CC4COC4)c3n2)[nH]n1. The van der Waals surface area contributed by atoms with Gasteiger partial charge < -0.3 is 14.8 Å². The summed E-state index contributed by atoms with van der Waals surface area (Å²) in [6.07, 6.45) is 3.17. The minimum absolute atomic E-state index is 0.212. The number of halogens is 2. The summed E-state index contributed by atoms with van der Waals surface area (Å²) in [6.45, 7) is -0.790. The summed E-state index contributed by atoms with van der Waals surface area (Å²) in [6, 6.07) is 1.31. The van der Waals surface area contributed by atoms with Crippen LogP contribution in [0.15, 0.2) is 18.5 Å². The number of hydrogen-bond donors (Lipinski definition) is 2. The molecule has 1 aliphatic rings. The van der Waals surface area contributed by atoms with Gasteiger partial charge in [0.05, 0.1) is 32.2 Å². The maximum Gasteiger partial charge on any atom is 0.388 e. The van der Waals surface area contributed by atoms with Crippen LogP contribution in [0.1, 0.15) is 0 Å². The van der Waals surface area contributed by atoms with Gasteiger partial charge in [0.2, 0.25) is 5.88 Å². The Morgan fingerprint density at radius 3 is 3.04 bits per heavy atom. The summed E-state index contributed by atoms with van der Waals surface area (Å²) < 4.78 is 35.4. The van der Waals surface area contributed by atoms with E-state index >= 15 is 0 Å². The van der Waals surface area contributed by atoms with Crippen molar-refractivity contribution in [1.29, 1.82) is 0 Å². The van der Waals surface area contributed by atoms with Crippen molar-refractivity contribution >= 4 is 22.8 Å². The highest BCUT2D eigenvalue weighted by molar-refractivity contribution is 5.71. The minimum atomic E-state index is -2.93. The molecular formula is C13H13F2N7O2. The van der Waals surface area contributed by atoms with E-state index < -0.39 is 6.61 Å². The fraction of sp³-hybridized carbons (Fsp3) is 0.385. The topological polar surface area (TPSA) is 103 Å². The van der Waals surface area contributed by atoms with Gasteiger partial charge >= 0.3 is 6.61 Å². The highest BCUT2D eigenvalue weighted by Crippen LogP contribution is 2.20. The van der Waals surface area contributed by atoms with Gasteiger partial charge in [-0.25, -0.2) is 14.6 Å². The fourth-order valence-electron chi connectivity index (χ4n) is 2.33. The standard InChI is InChI=1S/C13H13F2N7O2/c14-13(15)24-11-1-9(20-21-11)18-10-3-16-8-2-17-22(12(8)19-10)4-7-5-23-6-7/h1-3,7,13H,4-6H2,(H2,18,19,20,21). The lowest BCUT2D eigenvalue weighted by molar-refractivity contribution is -0.0528. The number of fused-ring (bicyclic) bond motifs is 1. The normalized spacial score (nSPS) is 15.0. The van der Waals surface area contributed by atoms with E-state index in [1.807, 2.05) is 0 Å². The van der Waals surface area contributed by atoms with Crippen molar-refractivity contribution < 1.29 is 18.3 Å². The highest BCUT2D eigenvalue weighted by Gasteiger charge is 2.20. The van der Waals surface area contributed by atoms with E-state index in [0.29, 0.717) is 48.5 Å². The summed E-state index contributed by atoms with van der Waals surface area (Å²) in [5.41, 5.74) is 1.31. The summed E-state index contributed by atoms with van der Waals surface area (Å²) >= 11 is 0. The second-order valence-electron chi connectivity index (χ2n) is 5.32. The van der Waals surface area contributed by atoms with Crippen molar-refractivity contribution in [1.82, 2.24) is 29.9 Å². The van der Waals surface area contributed by atoms with E-state index in [9.17, 15) is 8.78 Å². The number of hydrogen-bond acceptors (Lipinski definition) is 7. The van der Waals surface area contributed by atoms with Crippen LogP contribution in [-0.4, -0.2) is 49.8 Å². The van der Waals surface area contributed by atoms with Gasteiger partial charge in [0.25, 0.3) is 0 Å². The van der Waals surface area contributed by atoms with Crippen LogP contribution >= 0.6 is 0 Å². The molecule has 4 rings (SSSR count). The lowest BCUT2D eigenvalue weighted by Crippen LogP contribution is -2.31. The Morgan fingerprint density at radius 1 is 1.42 bits per heavy atom. The van der Waals surface area contributed by atoms with Crippen molar-refractivity contribution in [3.63, 3.8) is 0 Å². The maximum atomic E-state index is 12.1. The zero-order chi connectivity index (χ0) is 16.5. The average molecular weight is 337 g/mol. The summed E-state index contributed by atoms with van der Waals surface area (Å²) in [5.74, 6) is 1.00. The van der Waals surface area contributed by atoms with Crippen LogP contribution < -0.4 is 10.1 Å². The number of alkyl halides is 2. The van der Waals surface area contributed by atoms with Gasteiger partial charge in [-0.15, -0.1) is 5.10 Å². The molecule has 4 heterocycles. The number of rotatable bonds is 6. The van der Waals surface area contributed by atoms with Crippen molar-refractivity contribution in [3.05, 3.63) is 18.5 Å². The average Bonchev–Trinajstić information content (AvgIpc) is 3.09. The van der Waals surface area contributed by atoms with Crippen LogP contribution in [0.4, 0.5) is 20.4 Å². The Labute approximate surface area is 134 Å². The number of aromatic amines is 1. The third kappa shape index (κ3) is 2.97. The van der Waals surface area contributed by atoms with Gasteiger partial charge in [0, 0.05) is 12.0 Å². The first-order valence-electron chi connectivity index (χ1n) is 7.21. The van der Waals surface area contributed by atoms with Crippen molar-refractivity contribution in [2.75, 3.05) is 18.5 Å². The molecule has 0 aliphatic carbocycles. The first kappa shape index (κ1) is 14.8. The second-order valence-corrected chi connectivity index (χ2v) is 5.32. The maximum absolute atomic E-state index is 12.1. The molecule has 0 amide bonds. The molecule has 126 valence electrons. The smallest absolute Gasteiger partial charge is 0.388 e. The number of anilines is 2. The largest absolute Gasteiger partial charge is 0.415 e. The van der Waals surface area contributed by atoms with E-state index in [4.69, 9.17) is 4.74 Å². The monoisotopic (exact) mass is 337 g/mol. The van der Waals surface area contributed by atoms with Crippen molar-refractivity contribution in [2.24, 2.45) is 5.92 Å². The van der Waals surface area contributed by atoms with E-state index in [-0.39, 0.29) is 5.88 Å². The summed E-state index contributed by atoms with van der Waals surface area (Å²) in [5, 5.41) is 13.3. The molecule has 1 saturated heterocycles. The number of aromatic nitrogens is 6. The van der Waals surface area contributed by atoms with Crippen molar-refractivity contribution in [3.8, 4) is 5.88 Å². The number of ether oxygens (including phenoxy) is 2. The Hall–Kier alpha value is -2.82. The molecule has 0 radical (unpaired) electrons. The number of nitrogens with one attached hydrogen (secondary N) is 2. The Morgan fingerprint density at radius 2 is 2.29 bits per heavy atom. The number of H-pyrrole nitrogens is 1. The Bertz CT molecular complexity index is 846. The third-order valence-electron chi connectivity index (χ3n) is 3.51. The van der Waals surface area contributed by atoms with Crippen LogP contribution in [0, 0.1) is 5.92 Å². The molecule has 9 nitrogen and oxygen atoms in total. The predicted molar refractivity (Wildman–Crippen MR) is 78.1 cm³/mol. The number of nitrogens with zero attached hydrogens (tertiary/aromatic N) is 5. The van der Waals surface area contributed by atoms with Crippen LogP contribution in [-0.2, 0) is 11.3 Å². The van der Waals surface area contributed by atoms with Gasteiger partial charge in [-0.1, -0.05) is 0 Å². The molecule has 0 atom stereocenters. The van der Waals surface area contributed by atoms with E-state index in [2.05, 4.69) is 35.3 Å². The highest BCUT2D eigenvalue weighted by atomic mass is 19.3. The van der Waals surface area contributed by atoms with Gasteiger partial charge in [-0.3, -0.25) is 5.10 Å². The van der Waals surface area contributed by atoms with E-state index in [0.717, 1.165) is 0 Å². The van der Waals surface area contributed by atoms with Gasteiger partial charge in [0.15, 0.2) is 11.5 Å². The van der Waals surface area contributed by atoms with Gasteiger partial charge in [-0.05, 0) is 0 Å². The second kappa shape index (κ2) is 6.00. The molecule has 0 bridgehead atoms. The molecule has 1 aliphatic heterocycles. The zero-order valence-electron chi connectivity index (χ0n) is 12.3. The van der Waals surface area contributed by atoms with E-state index in [1.54, 1.807) is 10.9 Å². The molecule has 0 unspecified atom stereocenters. The molecule has 2 N–H and O–H groups in total. The summed E-state index contributed by atoms with van der Waals surface area (Å²) in [4.78, 5) is 8.74. The van der Waals surface area contributed by atoms with Gasteiger partial charge in [-0.2, -0.15) is 13.9 Å². The van der Waals surface area contributed by atoms with Crippen LogP contribution in [0.2, 0.25) is 0 Å². The first-order chi connectivity index (χ1) is 11.7. The van der Waals surface area contributed by atoms with E-state index in [1.165, 1.54) is 12.3 Å². The molecular weight excluding hydrogens is 324 g/mol. The lowest BCUT2D eigenvalue weighted by Gasteiger charge is -2.25. The predicted octanol–water partition coefficient (Wildman–Crippen LogP) is 1.54. The molecule has 0 spiro atoms. The molecule has 0 aromatic carbocycles. The lowest BCUT2D eigenvalue weighted by atomic mass is 10.1. The Kier molecular flexibility index (Phi) is 3.69. The zero-order valence-corrected chi connectivity index (χ0v) is 12.3. The molecule has 3 aromatic heterocycles. The third-order valence-corrected chi connectivity index (χ3v) is 3.51. The Balaban J connectivity index is 1.53. The molecule has 0 saturated carbocycles. The molecule has 3 aromatic rings. The summed E-state index contributed by atoms with van der Waals surface area (Å²) in [7, 11) is 0. The van der Waals surface area contributed by atoms with Crippen LogP contribution in [0.5, 0.6) is 5.88 Å². The quantitative estimate of drug-likeness (QED) is 0.703. The van der Waals surface area contributed by atoms with Gasteiger partial charge in [0.1, 0.15) is 11.3 Å². The molecule has 11 heteroatoms. The minimum Gasteiger partial charge on any atom is -0.415 e.